The lowest BCUT2D eigenvalue weighted by Crippen LogP contribution is -2.32. The van der Waals surface area contributed by atoms with E-state index in [9.17, 15) is 4.79 Å². The second-order valence-electron chi connectivity index (χ2n) is 4.70. The van der Waals surface area contributed by atoms with Gasteiger partial charge < -0.3 is 10.2 Å². The molecular weight excluding hydrogens is 242 g/mol. The van der Waals surface area contributed by atoms with Crippen LogP contribution >= 0.6 is 0 Å². The highest BCUT2D eigenvalue weighted by Crippen LogP contribution is 2.11. The highest BCUT2D eigenvalue weighted by molar-refractivity contribution is 5.85. The van der Waals surface area contributed by atoms with Gasteiger partial charge in [0.1, 0.15) is 0 Å². The summed E-state index contributed by atoms with van der Waals surface area (Å²) >= 11 is 0. The zero-order chi connectivity index (χ0) is 14.3. The normalized spacial score (nSPS) is 11.6. The van der Waals surface area contributed by atoms with Crippen LogP contribution in [0.15, 0.2) is 30.3 Å². The first-order valence-corrected chi connectivity index (χ1v) is 6.37. The summed E-state index contributed by atoms with van der Waals surface area (Å²) in [7, 11) is 0. The van der Waals surface area contributed by atoms with Crippen LogP contribution in [-0.2, 0) is 11.3 Å². The molecule has 0 bridgehead atoms. The molecule has 0 aromatic heterocycles. The van der Waals surface area contributed by atoms with Crippen LogP contribution in [0, 0.1) is 0 Å². The summed E-state index contributed by atoms with van der Waals surface area (Å²) < 4.78 is 0. The SMILES string of the molecule is CC(C)N(CCO)Cc1cccc(/C=C/C(=O)O)c1. The van der Waals surface area contributed by atoms with Crippen LogP contribution in [0.1, 0.15) is 25.0 Å². The van der Waals surface area contributed by atoms with Crippen molar-refractivity contribution in [1.29, 1.82) is 0 Å². The third-order valence-corrected chi connectivity index (χ3v) is 2.87. The summed E-state index contributed by atoms with van der Waals surface area (Å²) in [5.74, 6) is -0.950. The van der Waals surface area contributed by atoms with E-state index in [0.717, 1.165) is 23.7 Å². The third kappa shape index (κ3) is 5.68. The summed E-state index contributed by atoms with van der Waals surface area (Å²) in [5.41, 5.74) is 1.97. The molecule has 0 unspecified atom stereocenters. The first-order chi connectivity index (χ1) is 9.02. The van der Waals surface area contributed by atoms with Crippen molar-refractivity contribution in [3.05, 3.63) is 41.5 Å². The van der Waals surface area contributed by atoms with Gasteiger partial charge in [0, 0.05) is 25.2 Å². The number of hydrogen-bond acceptors (Lipinski definition) is 3. The van der Waals surface area contributed by atoms with Crippen molar-refractivity contribution in [2.45, 2.75) is 26.4 Å². The first kappa shape index (κ1) is 15.4. The first-order valence-electron chi connectivity index (χ1n) is 6.37. The number of benzene rings is 1. The molecule has 0 spiro atoms. The molecule has 0 aliphatic rings. The van der Waals surface area contributed by atoms with E-state index in [1.54, 1.807) is 6.08 Å². The minimum Gasteiger partial charge on any atom is -0.478 e. The van der Waals surface area contributed by atoms with E-state index in [2.05, 4.69) is 18.7 Å². The molecule has 104 valence electrons. The molecule has 0 aliphatic carbocycles. The van der Waals surface area contributed by atoms with Crippen LogP contribution in [0.2, 0.25) is 0 Å². The molecule has 0 atom stereocenters. The Morgan fingerprint density at radius 3 is 2.74 bits per heavy atom. The van der Waals surface area contributed by atoms with E-state index in [1.165, 1.54) is 0 Å². The Morgan fingerprint density at radius 1 is 1.42 bits per heavy atom. The number of carboxylic acid groups (broad SMARTS) is 1. The average Bonchev–Trinajstić information content (AvgIpc) is 2.36. The third-order valence-electron chi connectivity index (χ3n) is 2.87. The Labute approximate surface area is 114 Å². The molecular formula is C15H21NO3. The van der Waals surface area contributed by atoms with Crippen molar-refractivity contribution in [3.63, 3.8) is 0 Å². The molecule has 0 saturated carbocycles. The predicted octanol–water partition coefficient (Wildman–Crippen LogP) is 1.99. The Balaban J connectivity index is 2.78. The smallest absolute Gasteiger partial charge is 0.328 e. The Kier molecular flexibility index (Phi) is 6.25. The number of nitrogens with zero attached hydrogens (tertiary/aromatic N) is 1. The number of hydrogen-bond donors (Lipinski definition) is 2. The monoisotopic (exact) mass is 263 g/mol. The molecule has 0 fully saturated rings. The van der Waals surface area contributed by atoms with Gasteiger partial charge in [-0.25, -0.2) is 4.79 Å². The molecule has 0 amide bonds. The second-order valence-corrected chi connectivity index (χ2v) is 4.70. The standard InChI is InChI=1S/C15H21NO3/c1-12(2)16(8-9-17)11-14-5-3-4-13(10-14)6-7-15(18)19/h3-7,10,12,17H,8-9,11H2,1-2H3,(H,18,19)/b7-6+. The fourth-order valence-corrected chi connectivity index (χ4v) is 1.85. The summed E-state index contributed by atoms with van der Waals surface area (Å²) in [6, 6.07) is 8.10. The Morgan fingerprint density at radius 2 is 2.16 bits per heavy atom. The zero-order valence-corrected chi connectivity index (χ0v) is 11.4. The van der Waals surface area contributed by atoms with Gasteiger partial charge in [-0.2, -0.15) is 0 Å². The van der Waals surface area contributed by atoms with Crippen LogP contribution in [0.5, 0.6) is 0 Å². The minimum atomic E-state index is -0.950. The van der Waals surface area contributed by atoms with Gasteiger partial charge >= 0.3 is 5.97 Å². The van der Waals surface area contributed by atoms with Gasteiger partial charge in [-0.05, 0) is 31.1 Å². The van der Waals surface area contributed by atoms with Crippen LogP contribution in [0.4, 0.5) is 0 Å². The quantitative estimate of drug-likeness (QED) is 0.739. The highest BCUT2D eigenvalue weighted by Gasteiger charge is 2.09. The molecule has 0 heterocycles. The minimum absolute atomic E-state index is 0.136. The molecule has 4 nitrogen and oxygen atoms in total. The average molecular weight is 263 g/mol. The van der Waals surface area contributed by atoms with Gasteiger partial charge in [-0.3, -0.25) is 4.90 Å². The molecule has 2 N–H and O–H groups in total. The maximum atomic E-state index is 10.5. The van der Waals surface area contributed by atoms with Crippen molar-refractivity contribution in [3.8, 4) is 0 Å². The van der Waals surface area contributed by atoms with E-state index in [1.807, 2.05) is 24.3 Å². The van der Waals surface area contributed by atoms with Gasteiger partial charge in [-0.1, -0.05) is 24.3 Å². The summed E-state index contributed by atoms with van der Waals surface area (Å²) in [6.45, 7) is 5.68. The predicted molar refractivity (Wildman–Crippen MR) is 75.7 cm³/mol. The summed E-state index contributed by atoms with van der Waals surface area (Å²) in [5, 5.41) is 17.7. The molecule has 19 heavy (non-hydrogen) atoms. The molecule has 0 saturated heterocycles. The van der Waals surface area contributed by atoms with Crippen LogP contribution in [0.3, 0.4) is 0 Å². The number of aliphatic carboxylic acids is 1. The molecule has 1 aromatic rings. The maximum Gasteiger partial charge on any atom is 0.328 e. The largest absolute Gasteiger partial charge is 0.478 e. The second kappa shape index (κ2) is 7.71. The zero-order valence-electron chi connectivity index (χ0n) is 11.4. The molecule has 0 radical (unpaired) electrons. The number of carboxylic acids is 1. The van der Waals surface area contributed by atoms with Crippen LogP contribution in [0.25, 0.3) is 6.08 Å². The fraction of sp³-hybridized carbons (Fsp3) is 0.400. The lowest BCUT2D eigenvalue weighted by atomic mass is 10.1. The molecule has 4 heteroatoms. The summed E-state index contributed by atoms with van der Waals surface area (Å²) in [6.07, 6.45) is 2.71. The van der Waals surface area contributed by atoms with Crippen LogP contribution < -0.4 is 0 Å². The van der Waals surface area contributed by atoms with Crippen LogP contribution in [-0.4, -0.2) is 40.3 Å². The van der Waals surface area contributed by atoms with Crippen molar-refractivity contribution in [1.82, 2.24) is 4.90 Å². The van der Waals surface area contributed by atoms with Gasteiger partial charge in [0.15, 0.2) is 0 Å². The van der Waals surface area contributed by atoms with Gasteiger partial charge in [0.05, 0.1) is 6.61 Å². The van der Waals surface area contributed by atoms with E-state index in [4.69, 9.17) is 10.2 Å². The van der Waals surface area contributed by atoms with Gasteiger partial charge in [0.25, 0.3) is 0 Å². The van der Waals surface area contributed by atoms with Gasteiger partial charge in [-0.15, -0.1) is 0 Å². The van der Waals surface area contributed by atoms with E-state index < -0.39 is 5.97 Å². The van der Waals surface area contributed by atoms with Crippen molar-refractivity contribution < 1.29 is 15.0 Å². The lowest BCUT2D eigenvalue weighted by molar-refractivity contribution is -0.131. The van der Waals surface area contributed by atoms with Crippen molar-refractivity contribution in [2.75, 3.05) is 13.2 Å². The van der Waals surface area contributed by atoms with E-state index in [-0.39, 0.29) is 6.61 Å². The Bertz CT molecular complexity index is 441. The van der Waals surface area contributed by atoms with Crippen molar-refractivity contribution in [2.24, 2.45) is 0 Å². The number of rotatable bonds is 7. The fourth-order valence-electron chi connectivity index (χ4n) is 1.85. The number of carbonyl (C=O) groups is 1. The number of aliphatic hydroxyl groups excluding tert-OH is 1. The molecule has 1 aromatic carbocycles. The summed E-state index contributed by atoms with van der Waals surface area (Å²) in [4.78, 5) is 12.7. The Hall–Kier alpha value is -1.65. The van der Waals surface area contributed by atoms with Crippen molar-refractivity contribution >= 4 is 12.0 Å². The maximum absolute atomic E-state index is 10.5. The highest BCUT2D eigenvalue weighted by atomic mass is 16.4. The van der Waals surface area contributed by atoms with Gasteiger partial charge in [0.2, 0.25) is 0 Å². The topological polar surface area (TPSA) is 60.8 Å². The molecule has 1 rings (SSSR count). The molecule has 0 aliphatic heterocycles. The van der Waals surface area contributed by atoms with E-state index >= 15 is 0 Å². The lowest BCUT2D eigenvalue weighted by Gasteiger charge is -2.25. The number of aliphatic hydroxyl groups is 1. The van der Waals surface area contributed by atoms with E-state index in [0.29, 0.717) is 12.6 Å².